The predicted molar refractivity (Wildman–Crippen MR) is 289 cm³/mol. The van der Waals surface area contributed by atoms with Gasteiger partial charge in [0.15, 0.2) is 5.84 Å². The summed E-state index contributed by atoms with van der Waals surface area (Å²) in [7, 11) is 0. The van der Waals surface area contributed by atoms with Gasteiger partial charge in [0.1, 0.15) is 12.0 Å². The van der Waals surface area contributed by atoms with Gasteiger partial charge in [-0.05, 0) is 123 Å². The fourth-order valence-corrected chi connectivity index (χ4v) is 11.3. The Balaban J connectivity index is 0.794. The van der Waals surface area contributed by atoms with Gasteiger partial charge in [0.05, 0.1) is 11.6 Å². The molecule has 14 rings (SSSR count). The summed E-state index contributed by atoms with van der Waals surface area (Å²) >= 11 is 0. The number of hydrogen-bond donors (Lipinski definition) is 1. The Bertz CT molecular complexity index is 4060. The van der Waals surface area contributed by atoms with E-state index in [1.165, 1.54) is 82.7 Å². The lowest BCUT2D eigenvalue weighted by atomic mass is 9.88. The van der Waals surface area contributed by atoms with Gasteiger partial charge in [0, 0.05) is 16.7 Å². The van der Waals surface area contributed by atoms with E-state index in [0.29, 0.717) is 11.4 Å². The van der Waals surface area contributed by atoms with Crippen molar-refractivity contribution in [1.29, 1.82) is 5.26 Å². The molecule has 11 aromatic carbocycles. The van der Waals surface area contributed by atoms with E-state index < -0.39 is 6.17 Å². The van der Waals surface area contributed by atoms with E-state index in [9.17, 15) is 5.26 Å². The van der Waals surface area contributed by atoms with Crippen LogP contribution >= 0.6 is 0 Å². The van der Waals surface area contributed by atoms with E-state index in [-0.39, 0.29) is 0 Å². The third-order valence-electron chi connectivity index (χ3n) is 14.5. The second-order valence-corrected chi connectivity index (χ2v) is 18.3. The molecule has 0 aromatic heterocycles. The van der Waals surface area contributed by atoms with E-state index in [2.05, 4.69) is 218 Å². The van der Waals surface area contributed by atoms with Crippen molar-refractivity contribution in [2.75, 3.05) is 0 Å². The Labute approximate surface area is 405 Å². The van der Waals surface area contributed by atoms with E-state index in [1.54, 1.807) is 0 Å². The van der Waals surface area contributed by atoms with Crippen molar-refractivity contribution < 1.29 is 0 Å². The first-order valence-corrected chi connectivity index (χ1v) is 23.8. The van der Waals surface area contributed by atoms with Gasteiger partial charge in [-0.2, -0.15) is 5.26 Å². The molecule has 0 bridgehead atoms. The Kier molecular flexibility index (Phi) is 8.99. The van der Waals surface area contributed by atoms with Crippen LogP contribution in [0.5, 0.6) is 0 Å². The fraction of sp³-hybridized carbons (Fsp3) is 0.0152. The van der Waals surface area contributed by atoms with Crippen molar-refractivity contribution >= 4 is 33.2 Å². The zero-order valence-corrected chi connectivity index (χ0v) is 37.9. The molecule has 0 spiro atoms. The Morgan fingerprint density at radius 1 is 0.357 bits per heavy atom. The molecule has 2 aliphatic carbocycles. The van der Waals surface area contributed by atoms with Crippen LogP contribution in [0.2, 0.25) is 0 Å². The average molecular weight is 889 g/mol. The zero-order valence-electron chi connectivity index (χ0n) is 37.9. The van der Waals surface area contributed by atoms with Crippen molar-refractivity contribution in [1.82, 2.24) is 5.32 Å². The first-order chi connectivity index (χ1) is 34.7. The van der Waals surface area contributed by atoms with Crippen LogP contribution in [0.3, 0.4) is 0 Å². The van der Waals surface area contributed by atoms with E-state index in [0.717, 1.165) is 50.3 Å². The molecular weight excluding hydrogens is 849 g/mol. The summed E-state index contributed by atoms with van der Waals surface area (Å²) in [5.41, 5.74) is 22.2. The summed E-state index contributed by atoms with van der Waals surface area (Å²) in [6, 6.07) is 84.4. The van der Waals surface area contributed by atoms with Gasteiger partial charge in [-0.1, -0.05) is 218 Å². The van der Waals surface area contributed by atoms with Gasteiger partial charge >= 0.3 is 0 Å². The Morgan fingerprint density at radius 3 is 1.61 bits per heavy atom. The molecule has 1 heterocycles. The van der Waals surface area contributed by atoms with E-state index in [4.69, 9.17) is 9.98 Å². The summed E-state index contributed by atoms with van der Waals surface area (Å²) < 4.78 is 0. The number of nitrogens with one attached hydrogen (secondary N) is 1. The minimum absolute atomic E-state index is 0.449. The number of nitrogens with zero attached hydrogens (tertiary/aromatic N) is 3. The van der Waals surface area contributed by atoms with Crippen LogP contribution in [-0.4, -0.2) is 11.7 Å². The predicted octanol–water partition coefficient (Wildman–Crippen LogP) is 16.3. The molecule has 1 N–H and O–H groups in total. The quantitative estimate of drug-likeness (QED) is 0.173. The molecule has 4 nitrogen and oxygen atoms in total. The molecule has 1 aliphatic heterocycles. The minimum Gasteiger partial charge on any atom is -0.344 e. The molecule has 0 saturated heterocycles. The van der Waals surface area contributed by atoms with Gasteiger partial charge in [-0.3, -0.25) is 0 Å². The van der Waals surface area contributed by atoms with Crippen LogP contribution in [0.15, 0.2) is 241 Å². The smallest absolute Gasteiger partial charge is 0.159 e. The lowest BCUT2D eigenvalue weighted by molar-refractivity contribution is 0.676. The molecular formula is C66H40N4. The maximum atomic E-state index is 10.7. The molecule has 1 atom stereocenters. The molecule has 0 radical (unpaired) electrons. The minimum atomic E-state index is -0.449. The van der Waals surface area contributed by atoms with Crippen LogP contribution in [0, 0.1) is 11.3 Å². The van der Waals surface area contributed by atoms with Crippen LogP contribution < -0.4 is 5.32 Å². The number of benzene rings is 11. The lowest BCUT2D eigenvalue weighted by Gasteiger charge is -2.26. The molecule has 70 heavy (non-hydrogen) atoms. The van der Waals surface area contributed by atoms with Crippen LogP contribution in [-0.2, 0) is 0 Å². The first kappa shape index (κ1) is 39.7. The topological polar surface area (TPSA) is 60.5 Å². The monoisotopic (exact) mass is 888 g/mol. The molecule has 0 fully saturated rings. The summed E-state index contributed by atoms with van der Waals surface area (Å²) in [6.07, 6.45) is -0.449. The summed E-state index contributed by atoms with van der Waals surface area (Å²) in [5.74, 6) is 1.42. The van der Waals surface area contributed by atoms with Crippen molar-refractivity contribution in [2.24, 2.45) is 9.98 Å². The number of rotatable bonds is 7. The second-order valence-electron chi connectivity index (χ2n) is 18.3. The molecule has 0 amide bonds. The van der Waals surface area contributed by atoms with Crippen molar-refractivity contribution in [3.8, 4) is 95.1 Å². The average Bonchev–Trinajstić information content (AvgIpc) is 3.94. The summed E-state index contributed by atoms with van der Waals surface area (Å²) in [4.78, 5) is 10.5. The van der Waals surface area contributed by atoms with Crippen molar-refractivity contribution in [3.05, 3.63) is 253 Å². The normalized spacial score (nSPS) is 13.8. The number of amidine groups is 2. The van der Waals surface area contributed by atoms with E-state index >= 15 is 0 Å². The second kappa shape index (κ2) is 15.8. The summed E-state index contributed by atoms with van der Waals surface area (Å²) in [6.45, 7) is 0. The first-order valence-electron chi connectivity index (χ1n) is 23.8. The highest BCUT2D eigenvalue weighted by Gasteiger charge is 2.27. The molecule has 3 aliphatic rings. The maximum absolute atomic E-state index is 10.7. The highest BCUT2D eigenvalue weighted by molar-refractivity contribution is 6.20. The van der Waals surface area contributed by atoms with Gasteiger partial charge in [0.25, 0.3) is 0 Å². The molecule has 11 aromatic rings. The van der Waals surface area contributed by atoms with Gasteiger partial charge in [-0.15, -0.1) is 0 Å². The fourth-order valence-electron chi connectivity index (χ4n) is 11.3. The van der Waals surface area contributed by atoms with Gasteiger partial charge in [0.2, 0.25) is 0 Å². The van der Waals surface area contributed by atoms with E-state index in [1.807, 2.05) is 24.3 Å². The third-order valence-corrected chi connectivity index (χ3v) is 14.5. The summed E-state index contributed by atoms with van der Waals surface area (Å²) in [5, 5.41) is 19.6. The standard InChI is InChI=1S/C66H40N4/c67-39-46-37-44(31-33-47(46)40-27-29-41(30-28-40)48-17-4-6-19-50(48)53-35-36-59-52-21-8-7-20-51(52)56-25-12-26-57(53)63(56)59)49-18-5-9-22-60(49)66-69-64(43-13-2-1-3-14-43)68-65(70-66)45-32-34-54-55-23-10-15-42-16-11-24-58(62(42)55)61(54)38-45/h1-38,66H,(H,68,69,70). The molecule has 324 valence electrons. The third kappa shape index (κ3) is 6.23. The van der Waals surface area contributed by atoms with Crippen molar-refractivity contribution in [3.63, 3.8) is 0 Å². The molecule has 0 saturated carbocycles. The number of nitriles is 1. The van der Waals surface area contributed by atoms with Gasteiger partial charge < -0.3 is 5.32 Å². The zero-order chi connectivity index (χ0) is 46.3. The highest BCUT2D eigenvalue weighted by atomic mass is 15.2. The number of fused-ring (bicyclic) bond motifs is 6. The van der Waals surface area contributed by atoms with Gasteiger partial charge in [-0.25, -0.2) is 9.98 Å². The Hall–Kier alpha value is -9.43. The van der Waals surface area contributed by atoms with Crippen LogP contribution in [0.25, 0.3) is 111 Å². The van der Waals surface area contributed by atoms with Crippen LogP contribution in [0.4, 0.5) is 0 Å². The Morgan fingerprint density at radius 2 is 0.871 bits per heavy atom. The SMILES string of the molecule is N#Cc1cc(-c2ccccc2C2N=C(c3ccccc3)N=C(c3ccc4c(c3)-c3cccc5cccc-4c35)N2)ccc1-c1ccc(-c2ccccc2-c2ccc3c4c(cccc24)-c2ccccc2-3)cc1. The maximum Gasteiger partial charge on any atom is 0.159 e. The number of aliphatic imine (C=N–C) groups is 2. The van der Waals surface area contributed by atoms with Crippen molar-refractivity contribution in [2.45, 2.75) is 6.17 Å². The molecule has 1 unspecified atom stereocenters. The number of hydrogen-bond acceptors (Lipinski definition) is 4. The van der Waals surface area contributed by atoms with Crippen LogP contribution in [0.1, 0.15) is 28.4 Å². The highest BCUT2D eigenvalue weighted by Crippen LogP contribution is 2.51. The molecule has 4 heteroatoms. The largest absolute Gasteiger partial charge is 0.344 e. The lowest BCUT2D eigenvalue weighted by Crippen LogP contribution is -2.33.